The highest BCUT2D eigenvalue weighted by atomic mass is 32.1. The van der Waals surface area contributed by atoms with Gasteiger partial charge in [-0.05, 0) is 49.6 Å². The summed E-state index contributed by atoms with van der Waals surface area (Å²) in [5, 5.41) is 5.77. The molecule has 1 N–H and O–H groups in total. The van der Waals surface area contributed by atoms with Gasteiger partial charge in [0.05, 0.1) is 0 Å². The number of likely N-dealkylation sites (N-methyl/N-ethyl adjacent to an activating group) is 1. The van der Waals surface area contributed by atoms with Crippen LogP contribution < -0.4 is 5.32 Å². The molecule has 1 aliphatic rings. The average molecular weight is 279 g/mol. The third-order valence-corrected chi connectivity index (χ3v) is 5.70. The molecule has 0 bridgehead atoms. The summed E-state index contributed by atoms with van der Waals surface area (Å²) in [6, 6.07) is 5.14. The zero-order chi connectivity index (χ0) is 13.5. The van der Waals surface area contributed by atoms with Crippen molar-refractivity contribution in [2.24, 2.45) is 11.8 Å². The van der Waals surface area contributed by atoms with E-state index in [0.717, 1.165) is 11.8 Å². The van der Waals surface area contributed by atoms with Crippen LogP contribution in [-0.4, -0.2) is 13.1 Å². The van der Waals surface area contributed by atoms with Gasteiger partial charge in [0.2, 0.25) is 0 Å². The predicted octanol–water partition coefficient (Wildman–Crippen LogP) is 4.88. The van der Waals surface area contributed by atoms with E-state index in [1.165, 1.54) is 56.2 Å². The lowest BCUT2D eigenvalue weighted by atomic mass is 9.76. The Kier molecular flexibility index (Phi) is 6.39. The second-order valence-corrected chi connectivity index (χ2v) is 7.13. The van der Waals surface area contributed by atoms with Gasteiger partial charge in [-0.25, -0.2) is 0 Å². The standard InChI is InChI=1S/C17H29NS/c1-3-4-6-14-8-10-15(11-9-14)17(18-2)13-16-7-5-12-19-16/h5,7,12,14-15,17-18H,3-4,6,8-11,13H2,1-2H3. The summed E-state index contributed by atoms with van der Waals surface area (Å²) in [5.41, 5.74) is 0. The van der Waals surface area contributed by atoms with Crippen molar-refractivity contribution < 1.29 is 0 Å². The van der Waals surface area contributed by atoms with Gasteiger partial charge < -0.3 is 5.32 Å². The highest BCUT2D eigenvalue weighted by molar-refractivity contribution is 7.09. The SMILES string of the molecule is CCCCC1CCC(C(Cc2cccs2)NC)CC1. The highest BCUT2D eigenvalue weighted by Crippen LogP contribution is 2.34. The van der Waals surface area contributed by atoms with Gasteiger partial charge in [-0.1, -0.05) is 45.1 Å². The zero-order valence-electron chi connectivity index (χ0n) is 12.5. The molecular weight excluding hydrogens is 250 g/mol. The van der Waals surface area contributed by atoms with E-state index in [0.29, 0.717) is 6.04 Å². The van der Waals surface area contributed by atoms with Gasteiger partial charge in [0.25, 0.3) is 0 Å². The normalized spacial score (nSPS) is 25.4. The predicted molar refractivity (Wildman–Crippen MR) is 85.8 cm³/mol. The van der Waals surface area contributed by atoms with Crippen molar-refractivity contribution in [2.75, 3.05) is 7.05 Å². The first kappa shape index (κ1) is 15.1. The number of hydrogen-bond acceptors (Lipinski definition) is 2. The molecule has 1 fully saturated rings. The van der Waals surface area contributed by atoms with Gasteiger partial charge >= 0.3 is 0 Å². The van der Waals surface area contributed by atoms with E-state index in [-0.39, 0.29) is 0 Å². The number of thiophene rings is 1. The number of unbranched alkanes of at least 4 members (excludes halogenated alkanes) is 1. The average Bonchev–Trinajstić information content (AvgIpc) is 2.96. The molecule has 108 valence electrons. The third-order valence-electron chi connectivity index (χ3n) is 4.80. The van der Waals surface area contributed by atoms with E-state index < -0.39 is 0 Å². The molecule has 1 saturated carbocycles. The van der Waals surface area contributed by atoms with E-state index in [1.807, 2.05) is 11.3 Å². The molecule has 2 heteroatoms. The molecule has 0 aromatic carbocycles. The van der Waals surface area contributed by atoms with Gasteiger partial charge in [-0.3, -0.25) is 0 Å². The minimum atomic E-state index is 0.686. The summed E-state index contributed by atoms with van der Waals surface area (Å²) in [4.78, 5) is 1.53. The molecule has 0 spiro atoms. The summed E-state index contributed by atoms with van der Waals surface area (Å²) in [5.74, 6) is 1.92. The third kappa shape index (κ3) is 4.61. The van der Waals surface area contributed by atoms with Gasteiger partial charge in [-0.15, -0.1) is 11.3 Å². The molecule has 0 amide bonds. The van der Waals surface area contributed by atoms with Crippen molar-refractivity contribution in [3.63, 3.8) is 0 Å². The number of rotatable bonds is 7. The molecule has 0 aliphatic heterocycles. The van der Waals surface area contributed by atoms with E-state index in [4.69, 9.17) is 0 Å². The maximum Gasteiger partial charge on any atom is 0.0141 e. The summed E-state index contributed by atoms with van der Waals surface area (Å²) < 4.78 is 0. The van der Waals surface area contributed by atoms with E-state index in [2.05, 4.69) is 36.8 Å². The van der Waals surface area contributed by atoms with Crippen LogP contribution in [0.15, 0.2) is 17.5 Å². The second-order valence-electron chi connectivity index (χ2n) is 6.10. The lowest BCUT2D eigenvalue weighted by molar-refractivity contribution is 0.216. The Morgan fingerprint density at radius 1 is 1.32 bits per heavy atom. The Hall–Kier alpha value is -0.340. The Balaban J connectivity index is 1.78. The maximum absolute atomic E-state index is 3.57. The minimum absolute atomic E-state index is 0.686. The first-order valence-corrected chi connectivity index (χ1v) is 8.91. The second kappa shape index (κ2) is 8.06. The van der Waals surface area contributed by atoms with Crippen LogP contribution in [0.5, 0.6) is 0 Å². The Labute approximate surface area is 122 Å². The first-order valence-electron chi connectivity index (χ1n) is 8.03. The first-order chi connectivity index (χ1) is 9.33. The molecular formula is C17H29NS. The molecule has 1 aromatic heterocycles. The van der Waals surface area contributed by atoms with Crippen molar-refractivity contribution in [2.45, 2.75) is 64.3 Å². The van der Waals surface area contributed by atoms with Crippen LogP contribution in [0.1, 0.15) is 56.7 Å². The van der Waals surface area contributed by atoms with E-state index in [1.54, 1.807) is 0 Å². The van der Waals surface area contributed by atoms with Crippen LogP contribution >= 0.6 is 11.3 Å². The van der Waals surface area contributed by atoms with Crippen molar-refractivity contribution >= 4 is 11.3 Å². The fraction of sp³-hybridized carbons (Fsp3) is 0.765. The summed E-state index contributed by atoms with van der Waals surface area (Å²) in [7, 11) is 2.14. The minimum Gasteiger partial charge on any atom is -0.316 e. The Morgan fingerprint density at radius 2 is 2.11 bits per heavy atom. The molecule has 2 rings (SSSR count). The van der Waals surface area contributed by atoms with Gasteiger partial charge in [0.15, 0.2) is 0 Å². The van der Waals surface area contributed by atoms with Crippen LogP contribution in [0.2, 0.25) is 0 Å². The maximum atomic E-state index is 3.57. The molecule has 1 aliphatic carbocycles. The van der Waals surface area contributed by atoms with Crippen molar-refractivity contribution in [1.29, 1.82) is 0 Å². The smallest absolute Gasteiger partial charge is 0.0141 e. The van der Waals surface area contributed by atoms with Crippen LogP contribution in [0.4, 0.5) is 0 Å². The van der Waals surface area contributed by atoms with Gasteiger partial charge in [0.1, 0.15) is 0 Å². The lowest BCUT2D eigenvalue weighted by Gasteiger charge is -2.33. The topological polar surface area (TPSA) is 12.0 Å². The number of nitrogens with one attached hydrogen (secondary N) is 1. The van der Waals surface area contributed by atoms with Crippen LogP contribution in [0, 0.1) is 11.8 Å². The molecule has 1 atom stereocenters. The largest absolute Gasteiger partial charge is 0.316 e. The molecule has 1 heterocycles. The molecule has 19 heavy (non-hydrogen) atoms. The summed E-state index contributed by atoms with van der Waals surface area (Å²) >= 11 is 1.90. The Bertz CT molecular complexity index is 325. The van der Waals surface area contributed by atoms with Crippen molar-refractivity contribution in [3.05, 3.63) is 22.4 Å². The molecule has 1 nitrogen and oxygen atoms in total. The molecule has 0 saturated heterocycles. The summed E-state index contributed by atoms with van der Waals surface area (Å²) in [6.45, 7) is 2.31. The Morgan fingerprint density at radius 3 is 2.68 bits per heavy atom. The van der Waals surface area contributed by atoms with E-state index >= 15 is 0 Å². The van der Waals surface area contributed by atoms with E-state index in [9.17, 15) is 0 Å². The quantitative estimate of drug-likeness (QED) is 0.750. The molecule has 1 unspecified atom stereocenters. The fourth-order valence-corrected chi connectivity index (χ4v) is 4.29. The van der Waals surface area contributed by atoms with Crippen LogP contribution in [0.25, 0.3) is 0 Å². The van der Waals surface area contributed by atoms with Crippen molar-refractivity contribution in [3.8, 4) is 0 Å². The van der Waals surface area contributed by atoms with Crippen LogP contribution in [-0.2, 0) is 6.42 Å². The zero-order valence-corrected chi connectivity index (χ0v) is 13.3. The monoisotopic (exact) mass is 279 g/mol. The highest BCUT2D eigenvalue weighted by Gasteiger charge is 2.26. The fourth-order valence-electron chi connectivity index (χ4n) is 3.52. The molecule has 0 radical (unpaired) electrons. The summed E-state index contributed by atoms with van der Waals surface area (Å²) in [6.07, 6.45) is 11.3. The van der Waals surface area contributed by atoms with Gasteiger partial charge in [0, 0.05) is 10.9 Å². The number of hydrogen-bond donors (Lipinski definition) is 1. The van der Waals surface area contributed by atoms with Crippen molar-refractivity contribution in [1.82, 2.24) is 5.32 Å². The lowest BCUT2D eigenvalue weighted by Crippen LogP contribution is -2.37. The molecule has 1 aromatic rings. The van der Waals surface area contributed by atoms with Crippen LogP contribution in [0.3, 0.4) is 0 Å². The van der Waals surface area contributed by atoms with Gasteiger partial charge in [-0.2, -0.15) is 0 Å².